The van der Waals surface area contributed by atoms with Crippen molar-refractivity contribution in [2.24, 2.45) is 0 Å². The Balaban J connectivity index is 1.62. The van der Waals surface area contributed by atoms with Crippen molar-refractivity contribution in [2.45, 2.75) is 25.0 Å². The van der Waals surface area contributed by atoms with Crippen LogP contribution in [0.15, 0.2) is 35.5 Å². The standard InChI is InChI=1S/C17H18FN3O3/c18-12-6-2-1-5-11(12)15-14-13(19-17(23)20-15)9-21(16(14)22)8-10-4-3-7-24-10/h1-2,5-6,10,15H,3-4,7-9H2,(H2,19,20,23)/t10-,15-/m1/s1. The molecule has 1 fully saturated rings. The average Bonchev–Trinajstić information content (AvgIpc) is 3.16. The number of nitrogens with one attached hydrogen (secondary N) is 2. The number of ether oxygens (including phenoxy) is 1. The van der Waals surface area contributed by atoms with E-state index in [-0.39, 0.29) is 12.0 Å². The molecule has 2 N–H and O–H groups in total. The predicted octanol–water partition coefficient (Wildman–Crippen LogP) is 1.45. The van der Waals surface area contributed by atoms with E-state index >= 15 is 0 Å². The Hall–Kier alpha value is -2.41. The Kier molecular flexibility index (Phi) is 3.72. The summed E-state index contributed by atoms with van der Waals surface area (Å²) in [6.45, 7) is 1.54. The summed E-state index contributed by atoms with van der Waals surface area (Å²) in [6.07, 6.45) is 1.96. The number of hydrogen-bond acceptors (Lipinski definition) is 3. The maximum absolute atomic E-state index is 14.2. The number of carbonyl (C=O) groups is 2. The fourth-order valence-corrected chi connectivity index (χ4v) is 3.55. The van der Waals surface area contributed by atoms with Gasteiger partial charge < -0.3 is 20.3 Å². The van der Waals surface area contributed by atoms with E-state index < -0.39 is 17.9 Å². The molecule has 2 atom stereocenters. The maximum Gasteiger partial charge on any atom is 0.319 e. The molecule has 3 aliphatic heterocycles. The molecule has 7 heteroatoms. The number of amides is 3. The van der Waals surface area contributed by atoms with Gasteiger partial charge in [0.2, 0.25) is 0 Å². The SMILES string of the molecule is O=C1NC2=C(C(=O)N(C[C@H]3CCCO3)C2)[C@@H](c2ccccc2F)N1. The van der Waals surface area contributed by atoms with Gasteiger partial charge in [-0.05, 0) is 18.9 Å². The van der Waals surface area contributed by atoms with Gasteiger partial charge in [-0.3, -0.25) is 4.79 Å². The molecule has 4 rings (SSSR count). The minimum absolute atomic E-state index is 0.0332. The third-order valence-corrected chi connectivity index (χ3v) is 4.68. The second-order valence-corrected chi connectivity index (χ2v) is 6.27. The molecule has 3 amide bonds. The van der Waals surface area contributed by atoms with Crippen molar-refractivity contribution in [3.63, 3.8) is 0 Å². The largest absolute Gasteiger partial charge is 0.376 e. The zero-order chi connectivity index (χ0) is 16.7. The molecule has 126 valence electrons. The smallest absolute Gasteiger partial charge is 0.319 e. The fraction of sp³-hybridized carbons (Fsp3) is 0.412. The molecule has 0 unspecified atom stereocenters. The van der Waals surface area contributed by atoms with Crippen molar-refractivity contribution in [3.8, 4) is 0 Å². The molecular formula is C17H18FN3O3. The summed E-state index contributed by atoms with van der Waals surface area (Å²) in [6, 6.07) is 5.00. The number of nitrogens with zero attached hydrogens (tertiary/aromatic N) is 1. The lowest BCUT2D eigenvalue weighted by molar-refractivity contribution is -0.127. The molecule has 1 aromatic rings. The topological polar surface area (TPSA) is 70.7 Å². The summed E-state index contributed by atoms with van der Waals surface area (Å²) in [4.78, 5) is 26.4. The highest BCUT2D eigenvalue weighted by atomic mass is 19.1. The van der Waals surface area contributed by atoms with E-state index in [9.17, 15) is 14.0 Å². The van der Waals surface area contributed by atoms with Gasteiger partial charge in [-0.1, -0.05) is 18.2 Å². The monoisotopic (exact) mass is 331 g/mol. The quantitative estimate of drug-likeness (QED) is 0.881. The van der Waals surface area contributed by atoms with Crippen LogP contribution in [0.4, 0.5) is 9.18 Å². The van der Waals surface area contributed by atoms with Crippen molar-refractivity contribution in [1.29, 1.82) is 0 Å². The second kappa shape index (κ2) is 5.90. The van der Waals surface area contributed by atoms with Gasteiger partial charge >= 0.3 is 6.03 Å². The first kappa shape index (κ1) is 15.1. The number of carbonyl (C=O) groups excluding carboxylic acids is 2. The van der Waals surface area contributed by atoms with Crippen LogP contribution in [0.25, 0.3) is 0 Å². The minimum atomic E-state index is -0.767. The van der Waals surface area contributed by atoms with Gasteiger partial charge in [-0.25, -0.2) is 9.18 Å². The van der Waals surface area contributed by atoms with E-state index in [0.717, 1.165) is 19.4 Å². The van der Waals surface area contributed by atoms with Crippen molar-refractivity contribution in [2.75, 3.05) is 19.7 Å². The van der Waals surface area contributed by atoms with Gasteiger partial charge in [0.1, 0.15) is 5.82 Å². The third-order valence-electron chi connectivity index (χ3n) is 4.68. The molecule has 0 aromatic heterocycles. The molecule has 1 saturated heterocycles. The molecule has 0 saturated carbocycles. The lowest BCUT2D eigenvalue weighted by Crippen LogP contribution is -2.44. The molecule has 1 aromatic carbocycles. The zero-order valence-corrected chi connectivity index (χ0v) is 13.0. The minimum Gasteiger partial charge on any atom is -0.376 e. The molecular weight excluding hydrogens is 313 g/mol. The summed E-state index contributed by atoms with van der Waals surface area (Å²) in [7, 11) is 0. The van der Waals surface area contributed by atoms with Crippen LogP contribution in [0.5, 0.6) is 0 Å². The number of rotatable bonds is 3. The van der Waals surface area contributed by atoms with Crippen LogP contribution in [0.2, 0.25) is 0 Å². The predicted molar refractivity (Wildman–Crippen MR) is 83.4 cm³/mol. The maximum atomic E-state index is 14.2. The van der Waals surface area contributed by atoms with E-state index in [1.54, 1.807) is 23.1 Å². The molecule has 0 spiro atoms. The second-order valence-electron chi connectivity index (χ2n) is 6.27. The van der Waals surface area contributed by atoms with Crippen molar-refractivity contribution >= 4 is 11.9 Å². The van der Waals surface area contributed by atoms with E-state index in [1.165, 1.54) is 6.07 Å². The molecule has 0 aliphatic carbocycles. The van der Waals surface area contributed by atoms with Gasteiger partial charge in [0, 0.05) is 18.7 Å². The van der Waals surface area contributed by atoms with Crippen LogP contribution in [-0.4, -0.2) is 42.6 Å². The highest BCUT2D eigenvalue weighted by Crippen LogP contribution is 2.34. The lowest BCUT2D eigenvalue weighted by Gasteiger charge is -2.26. The number of benzene rings is 1. The Morgan fingerprint density at radius 1 is 1.29 bits per heavy atom. The molecule has 3 aliphatic rings. The van der Waals surface area contributed by atoms with Crippen molar-refractivity contribution in [1.82, 2.24) is 15.5 Å². The Bertz CT molecular complexity index is 728. The first-order valence-electron chi connectivity index (χ1n) is 8.09. The first-order valence-corrected chi connectivity index (χ1v) is 8.09. The summed E-state index contributed by atoms with van der Waals surface area (Å²) < 4.78 is 19.8. The highest BCUT2D eigenvalue weighted by Gasteiger charge is 2.41. The third kappa shape index (κ3) is 2.54. The van der Waals surface area contributed by atoms with Crippen LogP contribution < -0.4 is 10.6 Å². The van der Waals surface area contributed by atoms with Gasteiger partial charge in [-0.2, -0.15) is 0 Å². The normalized spacial score (nSPS) is 26.5. The lowest BCUT2D eigenvalue weighted by atomic mass is 9.96. The summed E-state index contributed by atoms with van der Waals surface area (Å²) in [5, 5.41) is 5.35. The van der Waals surface area contributed by atoms with Crippen molar-refractivity contribution < 1.29 is 18.7 Å². The number of hydrogen-bond donors (Lipinski definition) is 2. The van der Waals surface area contributed by atoms with E-state index in [2.05, 4.69) is 10.6 Å². The average molecular weight is 331 g/mol. The van der Waals surface area contributed by atoms with Gasteiger partial charge in [0.05, 0.1) is 30.0 Å². The van der Waals surface area contributed by atoms with Gasteiger partial charge in [0.25, 0.3) is 5.91 Å². The summed E-state index contributed by atoms with van der Waals surface area (Å²) in [5.41, 5.74) is 1.26. The van der Waals surface area contributed by atoms with Crippen LogP contribution in [-0.2, 0) is 9.53 Å². The zero-order valence-electron chi connectivity index (χ0n) is 13.0. The summed E-state index contributed by atoms with van der Waals surface area (Å²) >= 11 is 0. The van der Waals surface area contributed by atoms with Crippen LogP contribution >= 0.6 is 0 Å². The van der Waals surface area contributed by atoms with Crippen LogP contribution in [0, 0.1) is 5.82 Å². The van der Waals surface area contributed by atoms with Gasteiger partial charge in [-0.15, -0.1) is 0 Å². The van der Waals surface area contributed by atoms with Crippen LogP contribution in [0.3, 0.4) is 0 Å². The molecule has 6 nitrogen and oxygen atoms in total. The molecule has 3 heterocycles. The fourth-order valence-electron chi connectivity index (χ4n) is 3.55. The Morgan fingerprint density at radius 3 is 2.88 bits per heavy atom. The van der Waals surface area contributed by atoms with Gasteiger partial charge in [0.15, 0.2) is 0 Å². The van der Waals surface area contributed by atoms with E-state index in [1.807, 2.05) is 0 Å². The van der Waals surface area contributed by atoms with Crippen molar-refractivity contribution in [3.05, 3.63) is 46.9 Å². The molecule has 24 heavy (non-hydrogen) atoms. The summed E-state index contributed by atoms with van der Waals surface area (Å²) in [5.74, 6) is -0.622. The van der Waals surface area contributed by atoms with E-state index in [4.69, 9.17) is 4.74 Å². The Morgan fingerprint density at radius 2 is 2.12 bits per heavy atom. The van der Waals surface area contributed by atoms with E-state index in [0.29, 0.717) is 29.9 Å². The molecule has 0 bridgehead atoms. The van der Waals surface area contributed by atoms with Crippen LogP contribution in [0.1, 0.15) is 24.4 Å². The molecule has 0 radical (unpaired) electrons. The highest BCUT2D eigenvalue weighted by molar-refractivity contribution is 6.01. The first-order chi connectivity index (χ1) is 11.6. The number of halogens is 1. The Labute approximate surface area is 138 Å². The number of urea groups is 1.